The topological polar surface area (TPSA) is 66.4 Å². The fourth-order valence-electron chi connectivity index (χ4n) is 4.53. The monoisotopic (exact) mass is 343 g/mol. The van der Waals surface area contributed by atoms with Crippen LogP contribution in [0, 0.1) is 11.8 Å². The van der Waals surface area contributed by atoms with Crippen molar-refractivity contribution < 1.29 is 14.7 Å². The normalized spacial score (nSPS) is 37.5. The highest BCUT2D eigenvalue weighted by Crippen LogP contribution is 2.50. The van der Waals surface area contributed by atoms with E-state index in [9.17, 15) is 14.7 Å². The molecule has 1 saturated carbocycles. The summed E-state index contributed by atoms with van der Waals surface area (Å²) < 4.78 is 0. The van der Waals surface area contributed by atoms with Gasteiger partial charge in [0.25, 0.3) is 0 Å². The molecule has 24 heavy (non-hydrogen) atoms. The summed E-state index contributed by atoms with van der Waals surface area (Å²) in [5.74, 6) is 0.523. The standard InChI is InChI=1S/C19H21NO3S/c1-10(21)11-2-4-12(5-3-11)16-15(22)7-6-14-17(16)13-8-9-24-18(13)19(23)20-14/h2-5,8-9,13-18,22H,6-7H2,1H3,(H,20,23). The molecule has 0 bridgehead atoms. The summed E-state index contributed by atoms with van der Waals surface area (Å²) in [5.41, 5.74) is 1.74. The lowest BCUT2D eigenvalue weighted by molar-refractivity contribution is -0.126. The maximum atomic E-state index is 12.3. The Kier molecular flexibility index (Phi) is 4.01. The average molecular weight is 343 g/mol. The Balaban J connectivity index is 1.70. The van der Waals surface area contributed by atoms with Crippen molar-refractivity contribution in [1.29, 1.82) is 0 Å². The van der Waals surface area contributed by atoms with Crippen LogP contribution in [0.5, 0.6) is 0 Å². The lowest BCUT2D eigenvalue weighted by Gasteiger charge is -2.48. The van der Waals surface area contributed by atoms with Crippen molar-refractivity contribution in [1.82, 2.24) is 5.32 Å². The zero-order valence-corrected chi connectivity index (χ0v) is 14.3. The molecule has 4 rings (SSSR count). The van der Waals surface area contributed by atoms with Gasteiger partial charge in [-0.3, -0.25) is 9.59 Å². The van der Waals surface area contributed by atoms with Gasteiger partial charge < -0.3 is 10.4 Å². The van der Waals surface area contributed by atoms with Crippen LogP contribution in [-0.4, -0.2) is 34.2 Å². The molecule has 126 valence electrons. The van der Waals surface area contributed by atoms with E-state index in [1.54, 1.807) is 18.7 Å². The van der Waals surface area contributed by atoms with E-state index in [2.05, 4.69) is 11.4 Å². The maximum Gasteiger partial charge on any atom is 0.234 e. The molecule has 6 unspecified atom stereocenters. The molecule has 3 aliphatic rings. The quantitative estimate of drug-likeness (QED) is 0.810. The second-order valence-corrected chi connectivity index (χ2v) is 8.06. The number of hydrogen-bond acceptors (Lipinski definition) is 4. The number of carbonyl (C=O) groups is 2. The smallest absolute Gasteiger partial charge is 0.234 e. The third-order valence-corrected chi connectivity index (χ3v) is 6.81. The van der Waals surface area contributed by atoms with Gasteiger partial charge in [-0.1, -0.05) is 30.3 Å². The van der Waals surface area contributed by atoms with Crippen LogP contribution in [0.15, 0.2) is 35.7 Å². The number of aliphatic hydroxyl groups excluding tert-OH is 1. The number of benzene rings is 1. The third-order valence-electron chi connectivity index (χ3n) is 5.68. The zero-order valence-electron chi connectivity index (χ0n) is 13.5. The molecule has 1 aromatic carbocycles. The molecular formula is C19H21NO3S. The Morgan fingerprint density at radius 1 is 1.25 bits per heavy atom. The molecule has 4 nitrogen and oxygen atoms in total. The minimum Gasteiger partial charge on any atom is -0.392 e. The van der Waals surface area contributed by atoms with E-state index in [1.807, 2.05) is 29.7 Å². The van der Waals surface area contributed by atoms with Crippen molar-refractivity contribution >= 4 is 23.5 Å². The van der Waals surface area contributed by atoms with Crippen LogP contribution in [0.25, 0.3) is 0 Å². The van der Waals surface area contributed by atoms with E-state index in [4.69, 9.17) is 0 Å². The van der Waals surface area contributed by atoms with E-state index in [0.29, 0.717) is 12.0 Å². The van der Waals surface area contributed by atoms with Crippen LogP contribution in [0.1, 0.15) is 41.6 Å². The zero-order chi connectivity index (χ0) is 16.8. The van der Waals surface area contributed by atoms with Crippen molar-refractivity contribution in [3.8, 4) is 0 Å². The number of amides is 1. The molecule has 2 heterocycles. The summed E-state index contributed by atoms with van der Waals surface area (Å²) in [6.07, 6.45) is 3.24. The molecule has 0 radical (unpaired) electrons. The number of rotatable bonds is 2. The molecule has 0 spiro atoms. The molecule has 1 saturated heterocycles. The Morgan fingerprint density at radius 2 is 2.00 bits per heavy atom. The van der Waals surface area contributed by atoms with Crippen molar-refractivity contribution in [2.45, 2.75) is 43.1 Å². The van der Waals surface area contributed by atoms with Crippen molar-refractivity contribution in [2.24, 2.45) is 11.8 Å². The molecule has 2 aliphatic heterocycles. The van der Waals surface area contributed by atoms with E-state index in [0.717, 1.165) is 12.0 Å². The minimum atomic E-state index is -0.413. The molecule has 1 amide bonds. The van der Waals surface area contributed by atoms with Crippen LogP contribution in [0.3, 0.4) is 0 Å². The van der Waals surface area contributed by atoms with Gasteiger partial charge in [0.15, 0.2) is 5.78 Å². The lowest BCUT2D eigenvalue weighted by atomic mass is 9.63. The van der Waals surface area contributed by atoms with Crippen LogP contribution in [0.4, 0.5) is 0 Å². The fraction of sp³-hybridized carbons (Fsp3) is 0.474. The molecule has 5 heteroatoms. The highest BCUT2D eigenvalue weighted by molar-refractivity contribution is 8.03. The first kappa shape index (κ1) is 15.9. The van der Waals surface area contributed by atoms with Gasteiger partial charge in [0, 0.05) is 23.4 Å². The predicted octanol–water partition coefficient (Wildman–Crippen LogP) is 2.49. The van der Waals surface area contributed by atoms with Gasteiger partial charge in [-0.25, -0.2) is 0 Å². The van der Waals surface area contributed by atoms with Gasteiger partial charge in [0.1, 0.15) is 0 Å². The largest absolute Gasteiger partial charge is 0.392 e. The summed E-state index contributed by atoms with van der Waals surface area (Å²) in [7, 11) is 0. The number of ketones is 1. The second-order valence-electron chi connectivity index (χ2n) is 7.00. The number of allylic oxidation sites excluding steroid dienone is 1. The Morgan fingerprint density at radius 3 is 2.71 bits per heavy atom. The molecule has 2 N–H and O–H groups in total. The van der Waals surface area contributed by atoms with Crippen molar-refractivity contribution in [3.05, 3.63) is 46.9 Å². The number of nitrogens with one attached hydrogen (secondary N) is 1. The van der Waals surface area contributed by atoms with Gasteiger partial charge in [0.05, 0.1) is 11.4 Å². The van der Waals surface area contributed by atoms with E-state index >= 15 is 0 Å². The number of fused-ring (bicyclic) bond motifs is 3. The number of piperidine rings is 1. The lowest BCUT2D eigenvalue weighted by Crippen LogP contribution is -2.59. The SMILES string of the molecule is CC(=O)c1ccc(C2C(O)CCC3NC(=O)C4SC=CC4C32)cc1. The van der Waals surface area contributed by atoms with Crippen molar-refractivity contribution in [3.63, 3.8) is 0 Å². The number of Topliss-reactive ketones (excluding diaryl/α,β-unsaturated/α-hetero) is 1. The first-order valence-electron chi connectivity index (χ1n) is 8.48. The fourth-order valence-corrected chi connectivity index (χ4v) is 5.62. The Hall–Kier alpha value is -1.59. The molecule has 2 fully saturated rings. The molecule has 0 aromatic heterocycles. The van der Waals surface area contributed by atoms with E-state index < -0.39 is 6.10 Å². The van der Waals surface area contributed by atoms with Gasteiger partial charge in [-0.05, 0) is 36.7 Å². The summed E-state index contributed by atoms with van der Waals surface area (Å²) in [5, 5.41) is 15.8. The summed E-state index contributed by atoms with van der Waals surface area (Å²) in [4.78, 5) is 23.8. The Labute approximate surface area is 145 Å². The van der Waals surface area contributed by atoms with Crippen molar-refractivity contribution in [2.75, 3.05) is 0 Å². The summed E-state index contributed by atoms with van der Waals surface area (Å²) in [6.45, 7) is 1.56. The number of hydrogen-bond donors (Lipinski definition) is 2. The third kappa shape index (κ3) is 2.50. The number of thioether (sulfide) groups is 1. The number of aliphatic hydroxyl groups is 1. The van der Waals surface area contributed by atoms with Crippen LogP contribution >= 0.6 is 11.8 Å². The van der Waals surface area contributed by atoms with Crippen LogP contribution in [0.2, 0.25) is 0 Å². The van der Waals surface area contributed by atoms with Gasteiger partial charge >= 0.3 is 0 Å². The maximum absolute atomic E-state index is 12.3. The first-order chi connectivity index (χ1) is 11.6. The van der Waals surface area contributed by atoms with E-state index in [-0.39, 0.29) is 40.7 Å². The first-order valence-corrected chi connectivity index (χ1v) is 9.42. The van der Waals surface area contributed by atoms with Gasteiger partial charge in [-0.15, -0.1) is 11.8 Å². The average Bonchev–Trinajstić information content (AvgIpc) is 3.06. The summed E-state index contributed by atoms with van der Waals surface area (Å²) >= 11 is 1.58. The number of carbonyl (C=O) groups excluding carboxylic acids is 2. The van der Waals surface area contributed by atoms with Crippen LogP contribution in [-0.2, 0) is 4.79 Å². The molecule has 1 aliphatic carbocycles. The molecule has 1 aromatic rings. The minimum absolute atomic E-state index is 0.0128. The molecule has 6 atom stereocenters. The van der Waals surface area contributed by atoms with Crippen LogP contribution < -0.4 is 5.32 Å². The highest BCUT2D eigenvalue weighted by atomic mass is 32.2. The summed E-state index contributed by atoms with van der Waals surface area (Å²) in [6, 6.07) is 7.72. The second kappa shape index (κ2) is 6.05. The Bertz CT molecular complexity index is 699. The van der Waals surface area contributed by atoms with Gasteiger partial charge in [-0.2, -0.15) is 0 Å². The van der Waals surface area contributed by atoms with E-state index in [1.165, 1.54) is 0 Å². The van der Waals surface area contributed by atoms with Gasteiger partial charge in [0.2, 0.25) is 5.91 Å². The molecular weight excluding hydrogens is 322 g/mol. The predicted molar refractivity (Wildman–Crippen MR) is 93.9 cm³/mol. The highest BCUT2D eigenvalue weighted by Gasteiger charge is 2.51.